The van der Waals surface area contributed by atoms with Gasteiger partial charge in [0.25, 0.3) is 0 Å². The first-order valence-electron chi connectivity index (χ1n) is 6.97. The maximum absolute atomic E-state index is 9.81. The van der Waals surface area contributed by atoms with Gasteiger partial charge < -0.3 is 5.11 Å². The lowest BCUT2D eigenvalue weighted by Crippen LogP contribution is -2.38. The highest BCUT2D eigenvalue weighted by Crippen LogP contribution is 2.26. The molecule has 0 saturated carbocycles. The third kappa shape index (κ3) is 3.05. The maximum Gasteiger partial charge on any atom is 0.121 e. The van der Waals surface area contributed by atoms with Crippen LogP contribution in [0.2, 0.25) is 0 Å². The van der Waals surface area contributed by atoms with Crippen LogP contribution in [0.4, 0.5) is 0 Å². The molecule has 2 heteroatoms. The highest BCUT2D eigenvalue weighted by Gasteiger charge is 2.21. The fourth-order valence-corrected chi connectivity index (χ4v) is 3.32. The molecule has 0 aromatic heterocycles. The Morgan fingerprint density at radius 3 is 2.11 bits per heavy atom. The van der Waals surface area contributed by atoms with Gasteiger partial charge in [-0.25, -0.2) is 0 Å². The summed E-state index contributed by atoms with van der Waals surface area (Å²) in [7, 11) is 0. The molecule has 2 atom stereocenters. The molecule has 0 spiro atoms. The predicted molar refractivity (Wildman–Crippen MR) is 75.8 cm³/mol. The number of piperidine rings is 1. The molecule has 0 bridgehead atoms. The van der Waals surface area contributed by atoms with Crippen LogP contribution in [0.5, 0.6) is 5.75 Å². The van der Waals surface area contributed by atoms with Crippen LogP contribution in [0, 0.1) is 25.7 Å². The summed E-state index contributed by atoms with van der Waals surface area (Å²) < 4.78 is 0. The molecule has 0 radical (unpaired) electrons. The minimum Gasteiger partial charge on any atom is -0.507 e. The van der Waals surface area contributed by atoms with Gasteiger partial charge in [-0.15, -0.1) is 0 Å². The molecular weight excluding hydrogens is 222 g/mol. The van der Waals surface area contributed by atoms with Crippen molar-refractivity contribution in [2.45, 2.75) is 40.7 Å². The Morgan fingerprint density at radius 1 is 1.11 bits per heavy atom. The molecule has 1 aliphatic rings. The molecule has 1 fully saturated rings. The van der Waals surface area contributed by atoms with E-state index < -0.39 is 0 Å². The van der Waals surface area contributed by atoms with E-state index >= 15 is 0 Å². The number of phenols is 1. The zero-order valence-electron chi connectivity index (χ0n) is 12.0. The van der Waals surface area contributed by atoms with Crippen LogP contribution >= 0.6 is 0 Å². The smallest absolute Gasteiger partial charge is 0.121 e. The summed E-state index contributed by atoms with van der Waals surface area (Å²) in [5.74, 6) is 2.04. The van der Waals surface area contributed by atoms with Gasteiger partial charge in [0.1, 0.15) is 5.75 Å². The van der Waals surface area contributed by atoms with Crippen molar-refractivity contribution in [3.05, 3.63) is 28.8 Å². The molecule has 0 amide bonds. The number of nitrogens with zero attached hydrogens (tertiary/aromatic N) is 1. The average Bonchev–Trinajstić information content (AvgIpc) is 2.24. The summed E-state index contributed by atoms with van der Waals surface area (Å²) in [6.45, 7) is 12.1. The minimum atomic E-state index is 0.444. The Morgan fingerprint density at radius 2 is 1.61 bits per heavy atom. The van der Waals surface area contributed by atoms with Crippen LogP contribution < -0.4 is 0 Å². The van der Waals surface area contributed by atoms with Gasteiger partial charge in [-0.3, -0.25) is 4.90 Å². The number of hydrogen-bond acceptors (Lipinski definition) is 2. The van der Waals surface area contributed by atoms with Gasteiger partial charge in [0.15, 0.2) is 0 Å². The van der Waals surface area contributed by atoms with Crippen molar-refractivity contribution in [3.8, 4) is 5.75 Å². The summed E-state index contributed by atoms with van der Waals surface area (Å²) in [6, 6.07) is 4.23. The molecule has 2 rings (SSSR count). The summed E-state index contributed by atoms with van der Waals surface area (Å²) in [5, 5.41) is 9.81. The Hall–Kier alpha value is -1.02. The van der Waals surface area contributed by atoms with Crippen molar-refractivity contribution < 1.29 is 5.11 Å². The van der Waals surface area contributed by atoms with Crippen LogP contribution in [-0.4, -0.2) is 23.1 Å². The van der Waals surface area contributed by atoms with Gasteiger partial charge in [0, 0.05) is 19.6 Å². The number of aryl methyl sites for hydroxylation is 2. The molecule has 1 N–H and O–H groups in total. The van der Waals surface area contributed by atoms with Gasteiger partial charge >= 0.3 is 0 Å². The number of benzene rings is 1. The minimum absolute atomic E-state index is 0.444. The Bertz CT molecular complexity index is 394. The highest BCUT2D eigenvalue weighted by molar-refractivity contribution is 5.42. The monoisotopic (exact) mass is 247 g/mol. The molecular formula is C16H25NO. The van der Waals surface area contributed by atoms with E-state index in [1.54, 1.807) is 0 Å². The van der Waals surface area contributed by atoms with Crippen molar-refractivity contribution in [1.82, 2.24) is 4.90 Å². The van der Waals surface area contributed by atoms with Gasteiger partial charge in [0.05, 0.1) is 0 Å². The quantitative estimate of drug-likeness (QED) is 0.864. The first kappa shape index (κ1) is 13.4. The highest BCUT2D eigenvalue weighted by atomic mass is 16.3. The molecule has 2 nitrogen and oxygen atoms in total. The number of likely N-dealkylation sites (tertiary alicyclic amines) is 1. The fraction of sp³-hybridized carbons (Fsp3) is 0.625. The van der Waals surface area contributed by atoms with Crippen molar-refractivity contribution in [2.75, 3.05) is 13.1 Å². The second kappa shape index (κ2) is 5.31. The first-order valence-corrected chi connectivity index (χ1v) is 6.97. The van der Waals surface area contributed by atoms with Crippen molar-refractivity contribution in [1.29, 1.82) is 0 Å². The van der Waals surface area contributed by atoms with Crippen LogP contribution in [0.1, 0.15) is 37.0 Å². The molecule has 1 aromatic rings. The van der Waals surface area contributed by atoms with E-state index in [1.807, 2.05) is 13.8 Å². The lowest BCUT2D eigenvalue weighted by atomic mass is 9.91. The standard InChI is InChI=1S/C16H25NO/c1-11-5-12(2)9-17(8-11)10-15-6-13(3)16(18)14(4)7-15/h6-7,11-12,18H,5,8-10H2,1-4H3/t11-,12-/m0/s1. The van der Waals surface area contributed by atoms with Crippen molar-refractivity contribution in [3.63, 3.8) is 0 Å². The van der Waals surface area contributed by atoms with Gasteiger partial charge in [0.2, 0.25) is 0 Å². The van der Waals surface area contributed by atoms with E-state index in [0.29, 0.717) is 5.75 Å². The lowest BCUT2D eigenvalue weighted by Gasteiger charge is -2.35. The van der Waals surface area contributed by atoms with Crippen LogP contribution in [0.25, 0.3) is 0 Å². The van der Waals surface area contributed by atoms with E-state index in [9.17, 15) is 5.11 Å². The summed E-state index contributed by atoms with van der Waals surface area (Å²) >= 11 is 0. The Labute approximate surface area is 111 Å². The topological polar surface area (TPSA) is 23.5 Å². The third-order valence-electron chi connectivity index (χ3n) is 3.90. The summed E-state index contributed by atoms with van der Waals surface area (Å²) in [4.78, 5) is 2.55. The van der Waals surface area contributed by atoms with E-state index in [0.717, 1.165) is 29.5 Å². The SMILES string of the molecule is Cc1cc(CN2C[C@@H](C)C[C@H](C)C2)cc(C)c1O. The zero-order chi connectivity index (χ0) is 13.3. The maximum atomic E-state index is 9.81. The van der Waals surface area contributed by atoms with Crippen molar-refractivity contribution in [2.24, 2.45) is 11.8 Å². The predicted octanol–water partition coefficient (Wildman–Crippen LogP) is 3.49. The first-order chi connectivity index (χ1) is 8.45. The normalized spacial score (nSPS) is 25.3. The third-order valence-corrected chi connectivity index (χ3v) is 3.90. The number of phenolic OH excluding ortho intramolecular Hbond substituents is 1. The molecule has 0 aliphatic carbocycles. The molecule has 1 saturated heterocycles. The molecule has 0 unspecified atom stereocenters. The van der Waals surface area contributed by atoms with Crippen LogP contribution in [0.15, 0.2) is 12.1 Å². The molecule has 1 aromatic carbocycles. The Kier molecular flexibility index (Phi) is 3.96. The van der Waals surface area contributed by atoms with E-state index in [4.69, 9.17) is 0 Å². The fourth-order valence-electron chi connectivity index (χ4n) is 3.32. The molecule has 18 heavy (non-hydrogen) atoms. The van der Waals surface area contributed by atoms with Crippen LogP contribution in [-0.2, 0) is 6.54 Å². The lowest BCUT2D eigenvalue weighted by molar-refractivity contribution is 0.134. The summed E-state index contributed by atoms with van der Waals surface area (Å²) in [5.41, 5.74) is 3.30. The van der Waals surface area contributed by atoms with Gasteiger partial charge in [-0.1, -0.05) is 26.0 Å². The number of rotatable bonds is 2. The second-order valence-corrected chi connectivity index (χ2v) is 6.22. The van der Waals surface area contributed by atoms with Gasteiger partial charge in [-0.05, 0) is 48.8 Å². The van der Waals surface area contributed by atoms with Gasteiger partial charge in [-0.2, -0.15) is 0 Å². The van der Waals surface area contributed by atoms with Crippen molar-refractivity contribution >= 4 is 0 Å². The molecule has 100 valence electrons. The van der Waals surface area contributed by atoms with Crippen LogP contribution in [0.3, 0.4) is 0 Å². The average molecular weight is 247 g/mol. The number of aromatic hydroxyl groups is 1. The van der Waals surface area contributed by atoms with E-state index in [2.05, 4.69) is 30.9 Å². The summed E-state index contributed by atoms with van der Waals surface area (Å²) in [6.07, 6.45) is 1.35. The molecule has 1 heterocycles. The Balaban J connectivity index is 2.09. The zero-order valence-corrected chi connectivity index (χ0v) is 12.0. The largest absolute Gasteiger partial charge is 0.507 e. The number of hydrogen-bond donors (Lipinski definition) is 1. The van der Waals surface area contributed by atoms with E-state index in [-0.39, 0.29) is 0 Å². The second-order valence-electron chi connectivity index (χ2n) is 6.22. The van der Waals surface area contributed by atoms with E-state index in [1.165, 1.54) is 25.1 Å². The molecule has 1 aliphatic heterocycles.